The van der Waals surface area contributed by atoms with E-state index in [1.807, 2.05) is 0 Å². The Bertz CT molecular complexity index is 539. The minimum atomic E-state index is -0.505. The third kappa shape index (κ3) is 3.90. The average Bonchev–Trinajstić information content (AvgIpc) is 2.53. The van der Waals surface area contributed by atoms with Crippen molar-refractivity contribution in [1.82, 2.24) is 4.90 Å². The van der Waals surface area contributed by atoms with Gasteiger partial charge in [0.05, 0.1) is 7.11 Å². The van der Waals surface area contributed by atoms with Gasteiger partial charge in [0.2, 0.25) is 5.91 Å². The molecule has 0 saturated carbocycles. The minimum Gasteiger partial charge on any atom is -0.467 e. The van der Waals surface area contributed by atoms with Gasteiger partial charge in [-0.3, -0.25) is 4.79 Å². The van der Waals surface area contributed by atoms with Crippen molar-refractivity contribution in [2.45, 2.75) is 25.3 Å². The van der Waals surface area contributed by atoms with Gasteiger partial charge in [-0.2, -0.15) is 0 Å². The van der Waals surface area contributed by atoms with Crippen LogP contribution in [0.2, 0.25) is 0 Å². The van der Waals surface area contributed by atoms with Crippen molar-refractivity contribution in [2.75, 3.05) is 13.7 Å². The van der Waals surface area contributed by atoms with Gasteiger partial charge in [0, 0.05) is 12.6 Å². The highest BCUT2D eigenvalue weighted by atomic mass is 19.1. The molecular formula is C16H18FNO3. The summed E-state index contributed by atoms with van der Waals surface area (Å²) in [6.45, 7) is 0.548. The number of likely N-dealkylation sites (tertiary alicyclic amines) is 1. The Morgan fingerprint density at radius 1 is 1.29 bits per heavy atom. The molecule has 0 spiro atoms. The molecule has 2 rings (SSSR count). The highest BCUT2D eigenvalue weighted by Gasteiger charge is 2.31. The Morgan fingerprint density at radius 2 is 2.00 bits per heavy atom. The van der Waals surface area contributed by atoms with Crippen LogP contribution in [-0.2, 0) is 14.3 Å². The normalized spacial score (nSPS) is 18.8. The molecule has 0 aromatic heterocycles. The molecule has 4 nitrogen and oxygen atoms in total. The number of nitrogens with zero attached hydrogens (tertiary/aromatic N) is 1. The molecule has 1 heterocycles. The predicted octanol–water partition coefficient (Wildman–Crippen LogP) is 2.39. The maximum Gasteiger partial charge on any atom is 0.328 e. The molecule has 5 heteroatoms. The predicted molar refractivity (Wildman–Crippen MR) is 76.8 cm³/mol. The van der Waals surface area contributed by atoms with E-state index in [0.717, 1.165) is 18.4 Å². The summed E-state index contributed by atoms with van der Waals surface area (Å²) in [5, 5.41) is 0. The summed E-state index contributed by atoms with van der Waals surface area (Å²) in [6, 6.07) is 5.35. The van der Waals surface area contributed by atoms with Crippen LogP contribution >= 0.6 is 0 Å². The first-order chi connectivity index (χ1) is 10.1. The number of carbonyl (C=O) groups excluding carboxylic acids is 2. The molecule has 21 heavy (non-hydrogen) atoms. The SMILES string of the molecule is COC(=O)[C@H]1CCCCN1C(=O)/C=C/c1ccc(F)cc1. The molecule has 1 aliphatic heterocycles. The summed E-state index contributed by atoms with van der Waals surface area (Å²) in [5.41, 5.74) is 0.733. The van der Waals surface area contributed by atoms with Gasteiger partial charge in [-0.05, 0) is 43.0 Å². The number of hydrogen-bond acceptors (Lipinski definition) is 3. The fourth-order valence-corrected chi connectivity index (χ4v) is 2.41. The average molecular weight is 291 g/mol. The maximum atomic E-state index is 12.8. The van der Waals surface area contributed by atoms with Crippen molar-refractivity contribution < 1.29 is 18.7 Å². The monoisotopic (exact) mass is 291 g/mol. The zero-order chi connectivity index (χ0) is 15.2. The second kappa shape index (κ2) is 7.02. The second-order valence-corrected chi connectivity index (χ2v) is 4.95. The summed E-state index contributed by atoms with van der Waals surface area (Å²) >= 11 is 0. The van der Waals surface area contributed by atoms with Crippen LogP contribution in [0.25, 0.3) is 6.08 Å². The van der Waals surface area contributed by atoms with E-state index in [9.17, 15) is 14.0 Å². The quantitative estimate of drug-likeness (QED) is 0.634. The van der Waals surface area contributed by atoms with Gasteiger partial charge < -0.3 is 9.64 Å². The van der Waals surface area contributed by atoms with Crippen LogP contribution in [0.4, 0.5) is 4.39 Å². The lowest BCUT2D eigenvalue weighted by Gasteiger charge is -2.32. The number of halogens is 1. The van der Waals surface area contributed by atoms with Crippen LogP contribution in [-0.4, -0.2) is 36.5 Å². The molecule has 1 aromatic carbocycles. The largest absolute Gasteiger partial charge is 0.467 e. The van der Waals surface area contributed by atoms with E-state index in [-0.39, 0.29) is 17.7 Å². The first-order valence-electron chi connectivity index (χ1n) is 6.94. The molecule has 1 atom stereocenters. The Labute approximate surface area is 123 Å². The lowest BCUT2D eigenvalue weighted by Crippen LogP contribution is -2.47. The van der Waals surface area contributed by atoms with Crippen molar-refractivity contribution in [2.24, 2.45) is 0 Å². The van der Waals surface area contributed by atoms with Crippen LogP contribution in [0.5, 0.6) is 0 Å². The fraction of sp³-hybridized carbons (Fsp3) is 0.375. The number of piperidine rings is 1. The molecule has 1 fully saturated rings. The van der Waals surface area contributed by atoms with Crippen molar-refractivity contribution >= 4 is 18.0 Å². The highest BCUT2D eigenvalue weighted by molar-refractivity contribution is 5.94. The van der Waals surface area contributed by atoms with Gasteiger partial charge in [0.25, 0.3) is 0 Å². The number of carbonyl (C=O) groups is 2. The van der Waals surface area contributed by atoms with E-state index >= 15 is 0 Å². The Kier molecular flexibility index (Phi) is 5.09. The first-order valence-corrected chi connectivity index (χ1v) is 6.94. The zero-order valence-corrected chi connectivity index (χ0v) is 11.9. The lowest BCUT2D eigenvalue weighted by atomic mass is 10.0. The van der Waals surface area contributed by atoms with Gasteiger partial charge >= 0.3 is 5.97 Å². The fourth-order valence-electron chi connectivity index (χ4n) is 2.41. The van der Waals surface area contributed by atoms with E-state index in [0.29, 0.717) is 13.0 Å². The highest BCUT2D eigenvalue weighted by Crippen LogP contribution is 2.19. The lowest BCUT2D eigenvalue weighted by molar-refractivity contribution is -0.153. The van der Waals surface area contributed by atoms with Crippen LogP contribution in [0.1, 0.15) is 24.8 Å². The summed E-state index contributed by atoms with van der Waals surface area (Å²) in [6.07, 6.45) is 5.44. The smallest absolute Gasteiger partial charge is 0.328 e. The number of amides is 1. The van der Waals surface area contributed by atoms with Crippen molar-refractivity contribution in [3.05, 3.63) is 41.7 Å². The van der Waals surface area contributed by atoms with Crippen LogP contribution in [0, 0.1) is 5.82 Å². The molecule has 1 amide bonds. The molecule has 0 unspecified atom stereocenters. The molecule has 0 bridgehead atoms. The van der Waals surface area contributed by atoms with Crippen LogP contribution in [0.3, 0.4) is 0 Å². The number of rotatable bonds is 3. The van der Waals surface area contributed by atoms with Gasteiger partial charge in [0.1, 0.15) is 11.9 Å². The number of ether oxygens (including phenoxy) is 1. The van der Waals surface area contributed by atoms with Gasteiger partial charge in [0.15, 0.2) is 0 Å². The zero-order valence-electron chi connectivity index (χ0n) is 11.9. The number of hydrogen-bond donors (Lipinski definition) is 0. The molecule has 1 aromatic rings. The van der Waals surface area contributed by atoms with E-state index in [1.165, 1.54) is 30.2 Å². The topological polar surface area (TPSA) is 46.6 Å². The molecule has 0 radical (unpaired) electrons. The summed E-state index contributed by atoms with van der Waals surface area (Å²) < 4.78 is 17.6. The molecule has 0 aliphatic carbocycles. The van der Waals surface area contributed by atoms with Crippen molar-refractivity contribution in [3.8, 4) is 0 Å². The Morgan fingerprint density at radius 3 is 2.67 bits per heavy atom. The molecule has 0 N–H and O–H groups in total. The van der Waals surface area contributed by atoms with Gasteiger partial charge in [-0.25, -0.2) is 9.18 Å². The van der Waals surface area contributed by atoms with E-state index < -0.39 is 6.04 Å². The minimum absolute atomic E-state index is 0.227. The summed E-state index contributed by atoms with van der Waals surface area (Å²) in [5.74, 6) is -0.923. The Hall–Kier alpha value is -2.17. The third-order valence-corrected chi connectivity index (χ3v) is 3.55. The molecule has 1 saturated heterocycles. The molecular weight excluding hydrogens is 273 g/mol. The van der Waals surface area contributed by atoms with E-state index in [1.54, 1.807) is 18.2 Å². The third-order valence-electron chi connectivity index (χ3n) is 3.55. The second-order valence-electron chi connectivity index (χ2n) is 4.95. The van der Waals surface area contributed by atoms with Crippen molar-refractivity contribution in [3.63, 3.8) is 0 Å². The van der Waals surface area contributed by atoms with Crippen LogP contribution in [0.15, 0.2) is 30.3 Å². The number of esters is 1. The van der Waals surface area contributed by atoms with Gasteiger partial charge in [-0.1, -0.05) is 12.1 Å². The summed E-state index contributed by atoms with van der Waals surface area (Å²) in [4.78, 5) is 25.5. The van der Waals surface area contributed by atoms with Crippen molar-refractivity contribution in [1.29, 1.82) is 0 Å². The standard InChI is InChI=1S/C16H18FNO3/c1-21-16(20)14-4-2-3-11-18(14)15(19)10-7-12-5-8-13(17)9-6-12/h5-10,14H,2-4,11H2,1H3/b10-7+/t14-/m1/s1. The van der Waals surface area contributed by atoms with Crippen LogP contribution < -0.4 is 0 Å². The maximum absolute atomic E-state index is 12.8. The first kappa shape index (κ1) is 15.2. The number of benzene rings is 1. The Balaban J connectivity index is 2.06. The molecule has 1 aliphatic rings. The van der Waals surface area contributed by atoms with Gasteiger partial charge in [-0.15, -0.1) is 0 Å². The summed E-state index contributed by atoms with van der Waals surface area (Å²) in [7, 11) is 1.33. The number of methoxy groups -OCH3 is 1. The van der Waals surface area contributed by atoms with E-state index in [4.69, 9.17) is 4.74 Å². The molecule has 112 valence electrons. The van der Waals surface area contributed by atoms with E-state index in [2.05, 4.69) is 0 Å².